The Morgan fingerprint density at radius 2 is 1.75 bits per heavy atom. The van der Waals surface area contributed by atoms with Gasteiger partial charge in [0.05, 0.1) is 0 Å². The van der Waals surface area contributed by atoms with E-state index in [1.54, 1.807) is 0 Å². The zero-order chi connectivity index (χ0) is 12.6. The van der Waals surface area contributed by atoms with Crippen LogP contribution < -0.4 is 11.1 Å². The van der Waals surface area contributed by atoms with Crippen LogP contribution >= 0.6 is 15.2 Å². The lowest BCUT2D eigenvalue weighted by Crippen LogP contribution is -2.34. The molecule has 0 amide bonds. The van der Waals surface area contributed by atoms with E-state index in [9.17, 15) is 9.13 Å². The highest BCUT2D eigenvalue weighted by Crippen LogP contribution is 2.71. The van der Waals surface area contributed by atoms with Crippen LogP contribution in [0, 0.1) is 0 Å². The van der Waals surface area contributed by atoms with Gasteiger partial charge in [-0.2, -0.15) is 0 Å². The smallest absolute Gasteiger partial charge is 0.365 e. The van der Waals surface area contributed by atoms with Crippen molar-refractivity contribution < 1.29 is 28.7 Å². The van der Waals surface area contributed by atoms with E-state index in [2.05, 4.69) is 10.3 Å². The zero-order valence-corrected chi connectivity index (χ0v) is 9.93. The molecule has 0 unspecified atom stereocenters. The molecular weight excluding hydrogens is 260 g/mol. The van der Waals surface area contributed by atoms with Crippen molar-refractivity contribution in [3.63, 3.8) is 0 Å². The molecular formula is C5H13N3O6P2. The fourth-order valence-electron chi connectivity index (χ4n) is 1.42. The number of guanidine groups is 1. The normalized spacial score (nSPS) is 21.9. The van der Waals surface area contributed by atoms with Gasteiger partial charge in [-0.15, -0.1) is 0 Å². The molecule has 0 aliphatic carbocycles. The molecule has 7 N–H and O–H groups in total. The van der Waals surface area contributed by atoms with Crippen molar-refractivity contribution in [2.24, 2.45) is 10.7 Å². The lowest BCUT2D eigenvalue weighted by Gasteiger charge is -2.29. The Kier molecular flexibility index (Phi) is 3.50. The molecule has 1 aliphatic heterocycles. The Morgan fingerprint density at radius 1 is 1.25 bits per heavy atom. The SMILES string of the molecule is NC1=NC(P(=O)(O)O)(P(=O)(O)O)CCCN1. The van der Waals surface area contributed by atoms with Gasteiger partial charge in [0.25, 0.3) is 5.02 Å². The highest BCUT2D eigenvalue weighted by molar-refractivity contribution is 7.72. The minimum Gasteiger partial charge on any atom is -0.370 e. The number of rotatable bonds is 2. The summed E-state index contributed by atoms with van der Waals surface area (Å²) < 4.78 is 22.5. The number of hydrogen-bond donors (Lipinski definition) is 6. The van der Waals surface area contributed by atoms with Crippen LogP contribution in [0.3, 0.4) is 0 Å². The van der Waals surface area contributed by atoms with E-state index in [4.69, 9.17) is 25.3 Å². The maximum Gasteiger partial charge on any atom is 0.365 e. The molecule has 0 aromatic rings. The van der Waals surface area contributed by atoms with Gasteiger partial charge in [-0.3, -0.25) is 9.13 Å². The summed E-state index contributed by atoms with van der Waals surface area (Å²) in [5.41, 5.74) is 5.26. The number of aliphatic imine (C=N–C) groups is 1. The van der Waals surface area contributed by atoms with Crippen LogP contribution in [0.2, 0.25) is 0 Å². The van der Waals surface area contributed by atoms with Gasteiger partial charge in [0.1, 0.15) is 0 Å². The highest BCUT2D eigenvalue weighted by atomic mass is 31.2. The molecule has 0 aromatic heterocycles. The molecule has 0 saturated carbocycles. The molecule has 94 valence electrons. The minimum atomic E-state index is -5.13. The van der Waals surface area contributed by atoms with E-state index >= 15 is 0 Å². The number of nitrogens with one attached hydrogen (secondary N) is 1. The summed E-state index contributed by atoms with van der Waals surface area (Å²) in [5, 5.41) is -0.272. The lowest BCUT2D eigenvalue weighted by molar-refractivity contribution is 0.303. The first-order valence-electron chi connectivity index (χ1n) is 4.31. The number of nitrogens with two attached hydrogens (primary N) is 1. The van der Waals surface area contributed by atoms with Crippen molar-refractivity contribution in [3.05, 3.63) is 0 Å². The molecule has 1 aliphatic rings. The van der Waals surface area contributed by atoms with Crippen LogP contribution in [0.15, 0.2) is 4.99 Å². The average molecular weight is 273 g/mol. The van der Waals surface area contributed by atoms with E-state index in [1.165, 1.54) is 0 Å². The first kappa shape index (κ1) is 13.6. The summed E-state index contributed by atoms with van der Waals surface area (Å²) in [7, 11) is -10.3. The van der Waals surface area contributed by atoms with Crippen LogP contribution in [0.25, 0.3) is 0 Å². The minimum absolute atomic E-state index is 0.139. The number of nitrogens with zero attached hydrogens (tertiary/aromatic N) is 1. The van der Waals surface area contributed by atoms with Crippen molar-refractivity contribution in [2.45, 2.75) is 17.9 Å². The Morgan fingerprint density at radius 3 is 2.19 bits per heavy atom. The number of hydrogen-bond acceptors (Lipinski definition) is 5. The van der Waals surface area contributed by atoms with Gasteiger partial charge in [0.15, 0.2) is 5.96 Å². The van der Waals surface area contributed by atoms with Gasteiger partial charge >= 0.3 is 15.2 Å². The first-order chi connectivity index (χ1) is 7.10. The molecule has 0 atom stereocenters. The van der Waals surface area contributed by atoms with E-state index in [-0.39, 0.29) is 18.9 Å². The molecule has 16 heavy (non-hydrogen) atoms. The molecule has 0 spiro atoms. The fraction of sp³-hybridized carbons (Fsp3) is 0.800. The van der Waals surface area contributed by atoms with Crippen LogP contribution in [0.5, 0.6) is 0 Å². The standard InChI is InChI=1S/C5H13N3O6P2/c6-4-7-3-1-2-5(8-4,15(9,10)11)16(12,13)14/h1-3H2,(H3,6,7,8)(H2,9,10,11)(H2,12,13,14). The van der Waals surface area contributed by atoms with Gasteiger partial charge in [-0.05, 0) is 12.8 Å². The van der Waals surface area contributed by atoms with E-state index in [0.29, 0.717) is 0 Å². The van der Waals surface area contributed by atoms with Crippen molar-refractivity contribution in [2.75, 3.05) is 6.54 Å². The average Bonchev–Trinajstić information content (AvgIpc) is 2.24. The molecule has 0 bridgehead atoms. The molecule has 11 heteroatoms. The molecule has 1 heterocycles. The second kappa shape index (κ2) is 4.10. The summed E-state index contributed by atoms with van der Waals surface area (Å²) in [5.74, 6) is -0.385. The van der Waals surface area contributed by atoms with Crippen LogP contribution in [-0.2, 0) is 9.13 Å². The zero-order valence-electron chi connectivity index (χ0n) is 8.15. The second-order valence-corrected chi connectivity index (χ2v) is 7.40. The predicted molar refractivity (Wildman–Crippen MR) is 55.7 cm³/mol. The third kappa shape index (κ3) is 2.29. The Balaban J connectivity index is 3.41. The van der Waals surface area contributed by atoms with Gasteiger partial charge in [0, 0.05) is 6.54 Å². The molecule has 0 radical (unpaired) electrons. The van der Waals surface area contributed by atoms with E-state index in [1.807, 2.05) is 0 Å². The lowest BCUT2D eigenvalue weighted by atomic mass is 10.3. The quantitative estimate of drug-likeness (QED) is 0.337. The summed E-state index contributed by atoms with van der Waals surface area (Å²) in [4.78, 5) is 39.7. The third-order valence-corrected chi connectivity index (χ3v) is 6.30. The van der Waals surface area contributed by atoms with Gasteiger partial charge < -0.3 is 30.6 Å². The Hall–Kier alpha value is -0.430. The largest absolute Gasteiger partial charge is 0.370 e. The van der Waals surface area contributed by atoms with Gasteiger partial charge in [0.2, 0.25) is 0 Å². The van der Waals surface area contributed by atoms with Crippen molar-refractivity contribution in [3.8, 4) is 0 Å². The molecule has 0 aromatic carbocycles. The van der Waals surface area contributed by atoms with Crippen molar-refractivity contribution in [1.82, 2.24) is 5.32 Å². The maximum absolute atomic E-state index is 11.3. The summed E-state index contributed by atoms with van der Waals surface area (Å²) >= 11 is 0. The van der Waals surface area contributed by atoms with E-state index < -0.39 is 26.6 Å². The predicted octanol–water partition coefficient (Wildman–Crippen LogP) is -1.31. The van der Waals surface area contributed by atoms with Crippen LogP contribution in [-0.4, -0.2) is 37.1 Å². The van der Waals surface area contributed by atoms with Crippen molar-refractivity contribution in [1.29, 1.82) is 0 Å². The molecule has 0 saturated heterocycles. The highest BCUT2D eigenvalue weighted by Gasteiger charge is 2.60. The summed E-state index contributed by atoms with van der Waals surface area (Å²) in [6.07, 6.45) is -0.296. The van der Waals surface area contributed by atoms with Gasteiger partial charge in [-0.1, -0.05) is 0 Å². The summed E-state index contributed by atoms with van der Waals surface area (Å²) in [6, 6.07) is 0. The molecule has 1 rings (SSSR count). The monoisotopic (exact) mass is 273 g/mol. The van der Waals surface area contributed by atoms with E-state index in [0.717, 1.165) is 0 Å². The topological polar surface area (TPSA) is 165 Å². The molecule has 0 fully saturated rings. The van der Waals surface area contributed by atoms with Gasteiger partial charge in [-0.25, -0.2) is 4.99 Å². The first-order valence-corrected chi connectivity index (χ1v) is 7.53. The Bertz CT molecular complexity index is 375. The van der Waals surface area contributed by atoms with Crippen LogP contribution in [0.1, 0.15) is 12.8 Å². The second-order valence-electron chi connectivity index (χ2n) is 3.39. The molecule has 9 nitrogen and oxygen atoms in total. The third-order valence-electron chi connectivity index (χ3n) is 2.23. The maximum atomic E-state index is 11.3. The summed E-state index contributed by atoms with van der Waals surface area (Å²) in [6.45, 7) is 0.247. The fourth-order valence-corrected chi connectivity index (χ4v) is 4.15. The van der Waals surface area contributed by atoms with Crippen molar-refractivity contribution >= 4 is 21.2 Å². The Labute approximate surface area is 91.1 Å². The van der Waals surface area contributed by atoms with Crippen LogP contribution in [0.4, 0.5) is 0 Å².